The molecule has 1 saturated heterocycles. The normalized spacial score (nSPS) is 18.7. The van der Waals surface area contributed by atoms with Gasteiger partial charge in [0.15, 0.2) is 0 Å². The van der Waals surface area contributed by atoms with Crippen molar-refractivity contribution in [2.45, 2.75) is 39.2 Å². The Hall–Kier alpha value is -1.30. The lowest BCUT2D eigenvalue weighted by molar-refractivity contribution is 0.0139. The monoisotopic (exact) mass is 387 g/mol. The first-order valence-corrected chi connectivity index (χ1v) is 8.59. The number of ether oxygens (including phenoxy) is 2. The first kappa shape index (κ1) is 18.0. The van der Waals surface area contributed by atoms with Gasteiger partial charge in [0, 0.05) is 29.5 Å². The van der Waals surface area contributed by atoms with Gasteiger partial charge < -0.3 is 14.4 Å². The largest absolute Gasteiger partial charge is 0.493 e. The molecule has 1 heterocycles. The molecule has 2 rings (SSSR count). The molecule has 0 unspecified atom stereocenters. The average Bonchev–Trinajstić information content (AvgIpc) is 2.43. The van der Waals surface area contributed by atoms with Crippen LogP contribution in [0.1, 0.15) is 33.6 Å². The summed E-state index contributed by atoms with van der Waals surface area (Å²) in [6.45, 7) is 7.34. The summed E-state index contributed by atoms with van der Waals surface area (Å²) >= 11 is 3.25. The van der Waals surface area contributed by atoms with E-state index in [0.29, 0.717) is 29.9 Å². The van der Waals surface area contributed by atoms with Crippen LogP contribution in [0.4, 0.5) is 9.18 Å². The molecular weight excluding hydrogens is 365 g/mol. The minimum absolute atomic E-state index is 0.221. The van der Waals surface area contributed by atoms with E-state index in [4.69, 9.17) is 9.47 Å². The third-order valence-corrected chi connectivity index (χ3v) is 3.95. The maximum Gasteiger partial charge on any atom is 0.410 e. The number of halogens is 2. The van der Waals surface area contributed by atoms with Crippen LogP contribution in [-0.2, 0) is 4.74 Å². The van der Waals surface area contributed by atoms with Crippen molar-refractivity contribution in [1.82, 2.24) is 4.90 Å². The van der Waals surface area contributed by atoms with Gasteiger partial charge in [-0.2, -0.15) is 0 Å². The SMILES string of the molecule is CC(C)(C)OC(=O)N1CCC[C@@H](COc2cc(F)cc(Br)c2)C1. The number of hydrogen-bond acceptors (Lipinski definition) is 3. The van der Waals surface area contributed by atoms with Crippen molar-refractivity contribution in [3.8, 4) is 5.75 Å². The molecule has 0 radical (unpaired) electrons. The number of nitrogens with zero attached hydrogens (tertiary/aromatic N) is 1. The Morgan fingerprint density at radius 1 is 1.39 bits per heavy atom. The van der Waals surface area contributed by atoms with E-state index in [1.54, 1.807) is 11.0 Å². The van der Waals surface area contributed by atoms with Crippen LogP contribution < -0.4 is 4.74 Å². The highest BCUT2D eigenvalue weighted by Crippen LogP contribution is 2.23. The van der Waals surface area contributed by atoms with Gasteiger partial charge >= 0.3 is 6.09 Å². The van der Waals surface area contributed by atoms with Crippen molar-refractivity contribution in [2.75, 3.05) is 19.7 Å². The van der Waals surface area contributed by atoms with Crippen LogP contribution in [0.25, 0.3) is 0 Å². The van der Waals surface area contributed by atoms with Crippen LogP contribution >= 0.6 is 15.9 Å². The van der Waals surface area contributed by atoms with E-state index >= 15 is 0 Å². The van der Waals surface area contributed by atoms with Crippen molar-refractivity contribution >= 4 is 22.0 Å². The molecule has 1 atom stereocenters. The minimum atomic E-state index is -0.492. The van der Waals surface area contributed by atoms with E-state index in [-0.39, 0.29) is 17.8 Å². The highest BCUT2D eigenvalue weighted by molar-refractivity contribution is 9.10. The Morgan fingerprint density at radius 2 is 2.13 bits per heavy atom. The molecule has 1 aromatic carbocycles. The number of piperidine rings is 1. The van der Waals surface area contributed by atoms with Crippen LogP contribution in [-0.4, -0.2) is 36.3 Å². The van der Waals surface area contributed by atoms with Crippen LogP contribution in [0.3, 0.4) is 0 Å². The van der Waals surface area contributed by atoms with Gasteiger partial charge in [0.25, 0.3) is 0 Å². The zero-order chi connectivity index (χ0) is 17.0. The average molecular weight is 388 g/mol. The fourth-order valence-corrected chi connectivity index (χ4v) is 2.96. The zero-order valence-corrected chi connectivity index (χ0v) is 15.4. The molecule has 0 spiro atoms. The molecule has 0 aromatic heterocycles. The van der Waals surface area contributed by atoms with Crippen molar-refractivity contribution in [3.63, 3.8) is 0 Å². The maximum atomic E-state index is 13.3. The molecule has 23 heavy (non-hydrogen) atoms. The van der Waals surface area contributed by atoms with Crippen molar-refractivity contribution in [1.29, 1.82) is 0 Å². The number of amides is 1. The quantitative estimate of drug-likeness (QED) is 0.759. The lowest BCUT2D eigenvalue weighted by atomic mass is 9.99. The number of carbonyl (C=O) groups excluding carboxylic acids is 1. The molecule has 4 nitrogen and oxygen atoms in total. The fraction of sp³-hybridized carbons (Fsp3) is 0.588. The molecule has 0 N–H and O–H groups in total. The molecule has 0 bridgehead atoms. The smallest absolute Gasteiger partial charge is 0.410 e. The first-order valence-electron chi connectivity index (χ1n) is 7.80. The summed E-state index contributed by atoms with van der Waals surface area (Å²) < 4.78 is 25.1. The van der Waals surface area contributed by atoms with E-state index < -0.39 is 5.60 Å². The van der Waals surface area contributed by atoms with Gasteiger partial charge in [-0.1, -0.05) is 15.9 Å². The summed E-state index contributed by atoms with van der Waals surface area (Å²) in [4.78, 5) is 13.9. The van der Waals surface area contributed by atoms with Crippen LogP contribution in [0.5, 0.6) is 5.75 Å². The second-order valence-electron chi connectivity index (χ2n) is 6.85. The Labute approximate surface area is 145 Å². The molecule has 1 aromatic rings. The lowest BCUT2D eigenvalue weighted by Crippen LogP contribution is -2.44. The van der Waals surface area contributed by atoms with E-state index in [9.17, 15) is 9.18 Å². The number of hydrogen-bond donors (Lipinski definition) is 0. The third-order valence-electron chi connectivity index (χ3n) is 3.49. The molecule has 128 valence electrons. The van der Waals surface area contributed by atoms with E-state index in [1.165, 1.54) is 12.1 Å². The van der Waals surface area contributed by atoms with E-state index in [2.05, 4.69) is 15.9 Å². The van der Waals surface area contributed by atoms with Gasteiger partial charge in [-0.15, -0.1) is 0 Å². The number of likely N-dealkylation sites (tertiary alicyclic amines) is 1. The molecule has 0 aliphatic carbocycles. The first-order chi connectivity index (χ1) is 10.7. The van der Waals surface area contributed by atoms with Gasteiger partial charge in [-0.05, 0) is 45.7 Å². The second kappa shape index (κ2) is 7.51. The summed E-state index contributed by atoms with van der Waals surface area (Å²) in [5.74, 6) is 0.373. The molecule has 0 saturated carbocycles. The molecule has 1 fully saturated rings. The van der Waals surface area contributed by atoms with Gasteiger partial charge in [0.2, 0.25) is 0 Å². The summed E-state index contributed by atoms with van der Waals surface area (Å²) in [6, 6.07) is 4.48. The fourth-order valence-electron chi connectivity index (χ4n) is 2.52. The van der Waals surface area contributed by atoms with Gasteiger partial charge in [0.1, 0.15) is 17.2 Å². The summed E-state index contributed by atoms with van der Waals surface area (Å²) in [6.07, 6.45) is 1.62. The third kappa shape index (κ3) is 6.01. The highest BCUT2D eigenvalue weighted by Gasteiger charge is 2.27. The molecule has 6 heteroatoms. The van der Waals surface area contributed by atoms with E-state index in [1.807, 2.05) is 20.8 Å². The Morgan fingerprint density at radius 3 is 2.78 bits per heavy atom. The minimum Gasteiger partial charge on any atom is -0.493 e. The number of carbonyl (C=O) groups is 1. The summed E-state index contributed by atoms with van der Waals surface area (Å²) in [5.41, 5.74) is -0.492. The number of rotatable bonds is 3. The maximum absolute atomic E-state index is 13.3. The number of benzene rings is 1. The van der Waals surface area contributed by atoms with Crippen LogP contribution in [0.15, 0.2) is 22.7 Å². The molecule has 1 amide bonds. The predicted octanol–water partition coefficient (Wildman–Crippen LogP) is 4.61. The van der Waals surface area contributed by atoms with Gasteiger partial charge in [0.05, 0.1) is 6.61 Å². The van der Waals surface area contributed by atoms with Gasteiger partial charge in [-0.3, -0.25) is 0 Å². The van der Waals surface area contributed by atoms with Crippen molar-refractivity contribution in [3.05, 3.63) is 28.5 Å². The van der Waals surface area contributed by atoms with E-state index in [0.717, 1.165) is 12.8 Å². The lowest BCUT2D eigenvalue weighted by Gasteiger charge is -2.34. The Kier molecular flexibility index (Phi) is 5.89. The topological polar surface area (TPSA) is 38.8 Å². The predicted molar refractivity (Wildman–Crippen MR) is 90.1 cm³/mol. The zero-order valence-electron chi connectivity index (χ0n) is 13.8. The van der Waals surface area contributed by atoms with Gasteiger partial charge in [-0.25, -0.2) is 9.18 Å². The van der Waals surface area contributed by atoms with Crippen molar-refractivity contribution in [2.24, 2.45) is 5.92 Å². The highest BCUT2D eigenvalue weighted by atomic mass is 79.9. The van der Waals surface area contributed by atoms with Crippen LogP contribution in [0, 0.1) is 11.7 Å². The second-order valence-corrected chi connectivity index (χ2v) is 7.77. The van der Waals surface area contributed by atoms with Crippen molar-refractivity contribution < 1.29 is 18.7 Å². The summed E-state index contributed by atoms with van der Waals surface area (Å²) in [7, 11) is 0. The Balaban J connectivity index is 1.87. The Bertz CT molecular complexity index is 539. The summed E-state index contributed by atoms with van der Waals surface area (Å²) in [5, 5.41) is 0. The molecule has 1 aliphatic heterocycles. The molecular formula is C17H23BrFNO3. The van der Waals surface area contributed by atoms with Crippen LogP contribution in [0.2, 0.25) is 0 Å². The standard InChI is InChI=1S/C17H23BrFNO3/c1-17(2,3)23-16(21)20-6-4-5-12(10-20)11-22-15-8-13(18)7-14(19)9-15/h7-9,12H,4-6,10-11H2,1-3H3/t12-/m1/s1. The molecule has 1 aliphatic rings.